The zero-order valence-electron chi connectivity index (χ0n) is 27.6. The topological polar surface area (TPSA) is 0 Å². The predicted molar refractivity (Wildman–Crippen MR) is 191 cm³/mol. The Hall–Kier alpha value is -3.42. The van der Waals surface area contributed by atoms with Crippen LogP contribution in [-0.4, -0.2) is 8.07 Å². The molecular weight excluding hydrogens is 533 g/mol. The third-order valence-electron chi connectivity index (χ3n) is 10.1. The molecule has 0 radical (unpaired) electrons. The van der Waals surface area contributed by atoms with E-state index in [2.05, 4.69) is 152 Å². The maximum absolute atomic E-state index is 2.65. The van der Waals surface area contributed by atoms with Crippen LogP contribution in [0.1, 0.15) is 88.3 Å². The first kappa shape index (κ1) is 29.6. The summed E-state index contributed by atoms with van der Waals surface area (Å²) in [5.74, 6) is 0. The molecule has 0 saturated carbocycles. The van der Waals surface area contributed by atoms with Gasteiger partial charge in [0.2, 0.25) is 0 Å². The van der Waals surface area contributed by atoms with Crippen LogP contribution in [0, 0.1) is 0 Å². The quantitative estimate of drug-likeness (QED) is 0.199. The minimum absolute atomic E-state index is 0.167. The van der Waals surface area contributed by atoms with Crippen molar-refractivity contribution in [1.82, 2.24) is 0 Å². The number of fused-ring (bicyclic) bond motifs is 2. The molecule has 0 bridgehead atoms. The van der Waals surface area contributed by atoms with E-state index in [1.165, 1.54) is 68.1 Å². The summed E-state index contributed by atoms with van der Waals surface area (Å²) in [5.41, 5.74) is 14.4. The number of benzene rings is 4. The summed E-state index contributed by atoms with van der Waals surface area (Å²) < 4.78 is 0. The molecule has 0 atom stereocenters. The van der Waals surface area contributed by atoms with Gasteiger partial charge in [-0.25, -0.2) is 0 Å². The Labute approximate surface area is 261 Å². The second-order valence-corrected chi connectivity index (χ2v) is 19.6. The van der Waals surface area contributed by atoms with E-state index in [0.29, 0.717) is 0 Å². The summed E-state index contributed by atoms with van der Waals surface area (Å²) in [6.07, 6.45) is 8.65. The lowest BCUT2D eigenvalue weighted by molar-refractivity contribution is 0.590. The van der Waals surface area contributed by atoms with Gasteiger partial charge in [-0.05, 0) is 79.3 Å². The van der Waals surface area contributed by atoms with Crippen molar-refractivity contribution in [3.63, 3.8) is 0 Å². The standard InChI is InChI=1S/C42H48Si/c1-9-24-43(8,35-25-31-12-10-14-37(39(31)27-35)29-16-20-33(21-17-29)41(2,3)4)36-26-32-13-11-15-38(40(32)28-36)30-18-22-34(23-19-30)42(5,6)7/h10-23,27-28H,9,24-26H2,1-8H3. The Morgan fingerprint density at radius 3 is 1.30 bits per heavy atom. The Morgan fingerprint density at radius 2 is 0.953 bits per heavy atom. The van der Waals surface area contributed by atoms with Crippen LogP contribution in [-0.2, 0) is 23.7 Å². The number of hydrogen-bond acceptors (Lipinski definition) is 0. The molecule has 4 aromatic carbocycles. The lowest BCUT2D eigenvalue weighted by atomic mass is 9.86. The van der Waals surface area contributed by atoms with E-state index in [1.54, 1.807) is 10.4 Å². The first-order valence-electron chi connectivity index (χ1n) is 16.3. The zero-order chi connectivity index (χ0) is 30.6. The van der Waals surface area contributed by atoms with Crippen LogP contribution >= 0.6 is 0 Å². The third kappa shape index (κ3) is 5.53. The van der Waals surface area contributed by atoms with E-state index in [-0.39, 0.29) is 10.8 Å². The van der Waals surface area contributed by atoms with Crippen molar-refractivity contribution in [2.24, 2.45) is 0 Å². The van der Waals surface area contributed by atoms with Crippen LogP contribution in [0.25, 0.3) is 34.4 Å². The summed E-state index contributed by atoms with van der Waals surface area (Å²) in [6.45, 7) is 18.8. The molecule has 1 heteroatoms. The van der Waals surface area contributed by atoms with Crippen LogP contribution in [0.3, 0.4) is 0 Å². The molecule has 0 nitrogen and oxygen atoms in total. The first-order chi connectivity index (χ1) is 20.4. The van der Waals surface area contributed by atoms with E-state index in [0.717, 1.165) is 12.8 Å². The fourth-order valence-corrected chi connectivity index (χ4v) is 11.4. The van der Waals surface area contributed by atoms with Gasteiger partial charge in [0, 0.05) is 0 Å². The molecule has 2 aliphatic rings. The van der Waals surface area contributed by atoms with Gasteiger partial charge < -0.3 is 0 Å². The molecule has 0 unspecified atom stereocenters. The smallest absolute Gasteiger partial charge is 0.0712 e. The first-order valence-corrected chi connectivity index (χ1v) is 19.0. The monoisotopic (exact) mass is 580 g/mol. The maximum Gasteiger partial charge on any atom is 0.106 e. The summed E-state index contributed by atoms with van der Waals surface area (Å²) in [5, 5.41) is 3.41. The molecule has 2 aliphatic carbocycles. The molecule has 4 aromatic rings. The highest BCUT2D eigenvalue weighted by atomic mass is 28.3. The SMILES string of the molecule is CCC[Si](C)(C1=Cc2c(cccc2-c2ccc(C(C)(C)C)cc2)C1)C1=Cc2c(cccc2-c2ccc(C(C)(C)C)cc2)C1. The van der Waals surface area contributed by atoms with Crippen molar-refractivity contribution >= 4 is 20.2 Å². The number of hydrogen-bond donors (Lipinski definition) is 0. The molecule has 0 aromatic heterocycles. The maximum atomic E-state index is 2.65. The van der Waals surface area contributed by atoms with Gasteiger partial charge in [-0.2, -0.15) is 0 Å². The Morgan fingerprint density at radius 1 is 0.558 bits per heavy atom. The second kappa shape index (κ2) is 10.9. The fraction of sp³-hybridized carbons (Fsp3) is 0.333. The molecule has 0 aliphatic heterocycles. The van der Waals surface area contributed by atoms with Gasteiger partial charge >= 0.3 is 0 Å². The summed E-state index contributed by atoms with van der Waals surface area (Å²) in [4.78, 5) is 0. The lowest BCUT2D eigenvalue weighted by Crippen LogP contribution is -2.36. The predicted octanol–water partition coefficient (Wildman–Crippen LogP) is 11.8. The molecule has 0 fully saturated rings. The van der Waals surface area contributed by atoms with Crippen LogP contribution < -0.4 is 0 Å². The molecule has 220 valence electrons. The molecule has 6 rings (SSSR count). The average Bonchev–Trinajstić information content (AvgIpc) is 3.62. The highest BCUT2D eigenvalue weighted by molar-refractivity contribution is 6.93. The molecule has 0 N–H and O–H groups in total. The van der Waals surface area contributed by atoms with Crippen molar-refractivity contribution in [3.05, 3.63) is 129 Å². The highest BCUT2D eigenvalue weighted by Gasteiger charge is 2.39. The Balaban J connectivity index is 1.36. The minimum atomic E-state index is -1.87. The third-order valence-corrected chi connectivity index (χ3v) is 15.1. The number of allylic oxidation sites excluding steroid dienone is 2. The summed E-state index contributed by atoms with van der Waals surface area (Å²) >= 11 is 0. The largest absolute Gasteiger partial charge is 0.106 e. The Bertz CT molecular complexity index is 1590. The van der Waals surface area contributed by atoms with Crippen LogP contribution in [0.5, 0.6) is 0 Å². The van der Waals surface area contributed by atoms with Gasteiger partial charge in [-0.3, -0.25) is 0 Å². The molecule has 0 amide bonds. The van der Waals surface area contributed by atoms with Crippen molar-refractivity contribution in [2.75, 3.05) is 0 Å². The average molecular weight is 581 g/mol. The minimum Gasteiger partial charge on any atom is -0.0712 e. The van der Waals surface area contributed by atoms with E-state index in [9.17, 15) is 0 Å². The van der Waals surface area contributed by atoms with Crippen LogP contribution in [0.2, 0.25) is 12.6 Å². The fourth-order valence-electron chi connectivity index (χ4n) is 7.28. The van der Waals surface area contributed by atoms with Gasteiger partial charge in [-0.1, -0.05) is 175 Å². The van der Waals surface area contributed by atoms with E-state index >= 15 is 0 Å². The van der Waals surface area contributed by atoms with Gasteiger partial charge in [0.25, 0.3) is 0 Å². The van der Waals surface area contributed by atoms with E-state index in [4.69, 9.17) is 0 Å². The van der Waals surface area contributed by atoms with Gasteiger partial charge in [0.1, 0.15) is 8.07 Å². The molecule has 0 saturated heterocycles. The Kier molecular flexibility index (Phi) is 7.54. The van der Waals surface area contributed by atoms with Crippen molar-refractivity contribution < 1.29 is 0 Å². The van der Waals surface area contributed by atoms with Crippen molar-refractivity contribution in [2.45, 2.75) is 91.1 Å². The van der Waals surface area contributed by atoms with Gasteiger partial charge in [0.15, 0.2) is 0 Å². The van der Waals surface area contributed by atoms with Crippen molar-refractivity contribution in [1.29, 1.82) is 0 Å². The van der Waals surface area contributed by atoms with E-state index < -0.39 is 8.07 Å². The summed E-state index contributed by atoms with van der Waals surface area (Å²) in [7, 11) is -1.87. The van der Waals surface area contributed by atoms with Crippen LogP contribution in [0.4, 0.5) is 0 Å². The van der Waals surface area contributed by atoms with Gasteiger partial charge in [-0.15, -0.1) is 0 Å². The van der Waals surface area contributed by atoms with E-state index in [1.807, 2.05) is 0 Å². The van der Waals surface area contributed by atoms with Crippen LogP contribution in [0.15, 0.2) is 95.3 Å². The molecular formula is C42H48Si. The molecule has 0 spiro atoms. The number of rotatable bonds is 6. The second-order valence-electron chi connectivity index (χ2n) is 15.2. The lowest BCUT2D eigenvalue weighted by Gasteiger charge is -2.31. The molecule has 43 heavy (non-hydrogen) atoms. The highest BCUT2D eigenvalue weighted by Crippen LogP contribution is 2.45. The normalized spacial score (nSPS) is 14.8. The van der Waals surface area contributed by atoms with Crippen molar-refractivity contribution in [3.8, 4) is 22.3 Å². The zero-order valence-corrected chi connectivity index (χ0v) is 28.6. The molecule has 0 heterocycles. The summed E-state index contributed by atoms with van der Waals surface area (Å²) in [6, 6.07) is 33.8. The van der Waals surface area contributed by atoms with Gasteiger partial charge in [0.05, 0.1) is 0 Å².